The van der Waals surface area contributed by atoms with Gasteiger partial charge in [-0.05, 0) is 69.1 Å². The number of aliphatic hydroxyl groups is 1. The summed E-state index contributed by atoms with van der Waals surface area (Å²) in [4.78, 5) is 72.6. The van der Waals surface area contributed by atoms with Crippen LogP contribution in [0.15, 0.2) is 24.3 Å². The third-order valence-corrected chi connectivity index (χ3v) is 18.4. The van der Waals surface area contributed by atoms with E-state index < -0.39 is 97.5 Å². The van der Waals surface area contributed by atoms with Crippen molar-refractivity contribution in [1.82, 2.24) is 0 Å². The van der Waals surface area contributed by atoms with E-state index in [0.29, 0.717) is 31.6 Å². The molecule has 3 N–H and O–H groups in total. The summed E-state index contributed by atoms with van der Waals surface area (Å²) in [5.41, 5.74) is 0. The lowest BCUT2D eigenvalue weighted by Crippen LogP contribution is -2.30. The topological polar surface area (TPSA) is 237 Å². The zero-order chi connectivity index (χ0) is 68.7. The average Bonchev–Trinajstić information content (AvgIpc) is 1.54. The van der Waals surface area contributed by atoms with Crippen molar-refractivity contribution in [3.05, 3.63) is 24.3 Å². The number of esters is 4. The van der Waals surface area contributed by atoms with Gasteiger partial charge in [0.15, 0.2) is 12.2 Å². The Morgan fingerprint density at radius 3 is 0.871 bits per heavy atom. The zero-order valence-corrected chi connectivity index (χ0v) is 62.0. The second-order valence-electron chi connectivity index (χ2n) is 27.4. The number of phosphoric acid groups is 2. The fraction of sp³-hybridized carbons (Fsp3) is 0.892. The number of phosphoric ester groups is 2. The Kier molecular flexibility index (Phi) is 62.5. The molecule has 0 aliphatic carbocycles. The molecule has 0 aliphatic rings. The van der Waals surface area contributed by atoms with Crippen molar-refractivity contribution in [2.45, 2.75) is 369 Å². The van der Waals surface area contributed by atoms with Gasteiger partial charge in [-0.25, -0.2) is 9.13 Å². The first-order valence-corrected chi connectivity index (χ1v) is 40.7. The van der Waals surface area contributed by atoms with Crippen LogP contribution >= 0.6 is 15.6 Å². The summed E-state index contributed by atoms with van der Waals surface area (Å²) in [5, 5.41) is 10.6. The van der Waals surface area contributed by atoms with Gasteiger partial charge in [0.05, 0.1) is 26.4 Å². The van der Waals surface area contributed by atoms with Crippen LogP contribution in [0.5, 0.6) is 0 Å². The van der Waals surface area contributed by atoms with Gasteiger partial charge in [-0.2, -0.15) is 0 Å². The summed E-state index contributed by atoms with van der Waals surface area (Å²) in [5.74, 6) is 0.0582. The van der Waals surface area contributed by atoms with Crippen molar-refractivity contribution in [2.75, 3.05) is 39.6 Å². The minimum atomic E-state index is -4.96. The van der Waals surface area contributed by atoms with E-state index in [1.807, 2.05) is 0 Å². The average molecular weight is 1360 g/mol. The highest BCUT2D eigenvalue weighted by atomic mass is 31.2. The third kappa shape index (κ3) is 67.9. The summed E-state index contributed by atoms with van der Waals surface area (Å²) >= 11 is 0. The molecule has 0 bridgehead atoms. The van der Waals surface area contributed by atoms with Gasteiger partial charge in [0, 0.05) is 25.7 Å². The van der Waals surface area contributed by atoms with Crippen molar-refractivity contribution in [1.29, 1.82) is 0 Å². The van der Waals surface area contributed by atoms with Crippen molar-refractivity contribution in [2.24, 2.45) is 17.8 Å². The highest BCUT2D eigenvalue weighted by Gasteiger charge is 2.30. The lowest BCUT2D eigenvalue weighted by molar-refractivity contribution is -0.161. The highest BCUT2D eigenvalue weighted by Crippen LogP contribution is 2.45. The fourth-order valence-electron chi connectivity index (χ4n) is 10.7. The second kappa shape index (κ2) is 64.2. The molecule has 0 aliphatic heterocycles. The van der Waals surface area contributed by atoms with Crippen LogP contribution in [0.25, 0.3) is 0 Å². The molecule has 0 spiro atoms. The summed E-state index contributed by atoms with van der Waals surface area (Å²) in [6, 6.07) is 0. The first-order valence-electron chi connectivity index (χ1n) is 37.7. The number of carbonyl (C=O) groups excluding carboxylic acids is 4. The minimum absolute atomic E-state index is 0.0836. The van der Waals surface area contributed by atoms with Crippen LogP contribution in [0.2, 0.25) is 0 Å². The van der Waals surface area contributed by atoms with Crippen molar-refractivity contribution in [3.63, 3.8) is 0 Å². The number of aliphatic hydroxyl groups excluding tert-OH is 1. The molecule has 0 radical (unpaired) electrons. The van der Waals surface area contributed by atoms with Crippen molar-refractivity contribution < 1.29 is 80.2 Å². The fourth-order valence-corrected chi connectivity index (χ4v) is 12.3. The van der Waals surface area contributed by atoms with Crippen LogP contribution in [0, 0.1) is 17.8 Å². The van der Waals surface area contributed by atoms with Gasteiger partial charge in [0.1, 0.15) is 19.3 Å². The maximum Gasteiger partial charge on any atom is 0.472 e. The van der Waals surface area contributed by atoms with Gasteiger partial charge in [0.2, 0.25) is 0 Å². The van der Waals surface area contributed by atoms with E-state index in [-0.39, 0.29) is 25.7 Å². The quantitative estimate of drug-likeness (QED) is 0.0169. The third-order valence-electron chi connectivity index (χ3n) is 16.5. The van der Waals surface area contributed by atoms with Crippen LogP contribution in [0.1, 0.15) is 350 Å². The Bertz CT molecular complexity index is 1910. The summed E-state index contributed by atoms with van der Waals surface area (Å²) in [6.07, 6.45) is 52.3. The van der Waals surface area contributed by atoms with E-state index in [4.69, 9.17) is 37.0 Å². The van der Waals surface area contributed by atoms with Crippen LogP contribution in [-0.4, -0.2) is 96.7 Å². The Hall–Kier alpha value is -2.46. The van der Waals surface area contributed by atoms with E-state index in [2.05, 4.69) is 72.8 Å². The number of hydrogen-bond donors (Lipinski definition) is 3. The number of unbranched alkanes of at least 4 members (excludes halogenated alkanes) is 35. The zero-order valence-electron chi connectivity index (χ0n) is 60.2. The van der Waals surface area contributed by atoms with E-state index >= 15 is 0 Å². The molecule has 2 unspecified atom stereocenters. The second-order valence-corrected chi connectivity index (χ2v) is 30.3. The maximum atomic E-state index is 13.1. The van der Waals surface area contributed by atoms with Gasteiger partial charge in [0.25, 0.3) is 0 Å². The maximum absolute atomic E-state index is 13.1. The van der Waals surface area contributed by atoms with Gasteiger partial charge in [-0.3, -0.25) is 37.3 Å². The van der Waals surface area contributed by atoms with Crippen LogP contribution < -0.4 is 0 Å². The lowest BCUT2D eigenvalue weighted by Gasteiger charge is -2.21. The van der Waals surface area contributed by atoms with Gasteiger partial charge >= 0.3 is 39.5 Å². The Morgan fingerprint density at radius 2 is 0.581 bits per heavy atom. The van der Waals surface area contributed by atoms with E-state index in [9.17, 15) is 43.2 Å². The van der Waals surface area contributed by atoms with Gasteiger partial charge < -0.3 is 33.8 Å². The molecule has 19 heteroatoms. The van der Waals surface area contributed by atoms with E-state index in [1.54, 1.807) is 0 Å². The first kappa shape index (κ1) is 90.5. The standard InChI is InChI=1S/C74H140O17P2/c1-8-9-10-11-12-13-14-15-16-20-23-28-34-43-50-58-74(79)91-70(62-85-72(77)56-49-42-37-36-40-47-54-67(6)7)64-89-93(82,83)87-60-68(75)59-86-92(80,81)88-63-69(61-84-71(76)55-48-41-33-30-25-27-32-39-46-53-66(4)5)90-73(78)57-51-44-35-29-24-21-18-17-19-22-26-31-38-45-52-65(2)3/h13-16,65-70,75H,8-12,17-64H2,1-7H3,(H,80,81)(H,82,83)/b14-13-,16-15-/t68-,69-,70-/m1/s1. The molecule has 0 aromatic carbocycles. The van der Waals surface area contributed by atoms with Crippen LogP contribution in [-0.2, 0) is 65.4 Å². The molecule has 548 valence electrons. The predicted molar refractivity (Wildman–Crippen MR) is 377 cm³/mol. The minimum Gasteiger partial charge on any atom is -0.462 e. The first-order chi connectivity index (χ1) is 44.7. The molecule has 0 aromatic rings. The number of rotatable bonds is 70. The molecule has 0 saturated carbocycles. The molecule has 0 saturated heterocycles. The molecule has 0 aromatic heterocycles. The monoisotopic (exact) mass is 1360 g/mol. The highest BCUT2D eigenvalue weighted by molar-refractivity contribution is 7.47. The molecule has 93 heavy (non-hydrogen) atoms. The molecule has 0 rings (SSSR count). The summed E-state index contributed by atoms with van der Waals surface area (Å²) in [7, 11) is -9.92. The molecule has 5 atom stereocenters. The Labute approximate surface area is 567 Å². The van der Waals surface area contributed by atoms with Gasteiger partial charge in [-0.1, -0.05) is 297 Å². The molecule has 0 amide bonds. The summed E-state index contributed by atoms with van der Waals surface area (Å²) < 4.78 is 68.4. The molecular formula is C74H140O17P2. The van der Waals surface area contributed by atoms with E-state index in [1.165, 1.54) is 141 Å². The largest absolute Gasteiger partial charge is 0.472 e. The van der Waals surface area contributed by atoms with Crippen molar-refractivity contribution in [3.8, 4) is 0 Å². The van der Waals surface area contributed by atoms with Gasteiger partial charge in [-0.15, -0.1) is 0 Å². The number of allylic oxidation sites excluding steroid dienone is 4. The van der Waals surface area contributed by atoms with Crippen LogP contribution in [0.3, 0.4) is 0 Å². The normalized spacial score (nSPS) is 14.3. The SMILES string of the molecule is CCCCCC/C=C\C=C/CCCCCCCC(=O)O[C@H](COC(=O)CCCCCCCCC(C)C)COP(=O)(O)OC[C@H](O)COP(=O)(O)OC[C@@H](COC(=O)CCCCCCCCCCCC(C)C)OC(=O)CCCCCCCCCCCCCCCCC(C)C. The Morgan fingerprint density at radius 1 is 0.333 bits per heavy atom. The predicted octanol–water partition coefficient (Wildman–Crippen LogP) is 21.0. The van der Waals surface area contributed by atoms with E-state index in [0.717, 1.165) is 121 Å². The lowest BCUT2D eigenvalue weighted by atomic mass is 10.0. The Balaban J connectivity index is 5.27. The molecule has 17 nitrogen and oxygen atoms in total. The number of carbonyl (C=O) groups is 4. The number of hydrogen-bond acceptors (Lipinski definition) is 15. The van der Waals surface area contributed by atoms with Crippen molar-refractivity contribution >= 4 is 39.5 Å². The number of ether oxygens (including phenoxy) is 4. The molecular weight excluding hydrogens is 1220 g/mol. The molecule has 0 fully saturated rings. The molecule has 0 heterocycles. The summed E-state index contributed by atoms with van der Waals surface area (Å²) in [6.45, 7) is 11.7. The van der Waals surface area contributed by atoms with Crippen LogP contribution in [0.4, 0.5) is 0 Å². The smallest absolute Gasteiger partial charge is 0.462 e.